The number of amides is 1. The minimum absolute atomic E-state index is 0.118. The summed E-state index contributed by atoms with van der Waals surface area (Å²) in [6, 6.07) is 14.7. The minimum Gasteiger partial charge on any atom is -0.272 e. The van der Waals surface area contributed by atoms with Crippen molar-refractivity contribution < 1.29 is 4.79 Å². The SMILES string of the molecule is O=C1CC(c2ccccc2)=NN1c1cccc(Cl)c1Cl. The lowest BCUT2D eigenvalue weighted by Crippen LogP contribution is -2.19. The summed E-state index contributed by atoms with van der Waals surface area (Å²) < 4.78 is 0. The first-order valence-electron chi connectivity index (χ1n) is 6.06. The number of anilines is 1. The van der Waals surface area contributed by atoms with Gasteiger partial charge in [-0.2, -0.15) is 10.1 Å². The Morgan fingerprint density at radius 3 is 2.50 bits per heavy atom. The minimum atomic E-state index is -0.118. The van der Waals surface area contributed by atoms with Gasteiger partial charge in [-0.1, -0.05) is 59.6 Å². The zero-order valence-corrected chi connectivity index (χ0v) is 11.9. The quantitative estimate of drug-likeness (QED) is 0.821. The van der Waals surface area contributed by atoms with Crippen molar-refractivity contribution in [3.8, 4) is 0 Å². The number of nitrogens with zero attached hydrogens (tertiary/aromatic N) is 2. The topological polar surface area (TPSA) is 32.7 Å². The Kier molecular flexibility index (Phi) is 3.47. The highest BCUT2D eigenvalue weighted by molar-refractivity contribution is 6.44. The van der Waals surface area contributed by atoms with E-state index in [0.717, 1.165) is 11.3 Å². The van der Waals surface area contributed by atoms with Crippen LogP contribution in [0.3, 0.4) is 0 Å². The van der Waals surface area contributed by atoms with Crippen LogP contribution in [-0.2, 0) is 4.79 Å². The lowest BCUT2D eigenvalue weighted by atomic mass is 10.1. The number of halogens is 2. The number of hydrogen-bond acceptors (Lipinski definition) is 2. The van der Waals surface area contributed by atoms with Gasteiger partial charge in [-0.15, -0.1) is 0 Å². The molecule has 1 aliphatic heterocycles. The second kappa shape index (κ2) is 5.27. The van der Waals surface area contributed by atoms with E-state index in [4.69, 9.17) is 23.2 Å². The molecular weight excluding hydrogens is 295 g/mol. The highest BCUT2D eigenvalue weighted by Crippen LogP contribution is 2.34. The number of benzene rings is 2. The van der Waals surface area contributed by atoms with Crippen molar-refractivity contribution in [3.63, 3.8) is 0 Å². The zero-order valence-electron chi connectivity index (χ0n) is 10.4. The highest BCUT2D eigenvalue weighted by Gasteiger charge is 2.27. The monoisotopic (exact) mass is 304 g/mol. The Morgan fingerprint density at radius 1 is 1.00 bits per heavy atom. The summed E-state index contributed by atoms with van der Waals surface area (Å²) in [4.78, 5) is 12.1. The fraction of sp³-hybridized carbons (Fsp3) is 0.0667. The van der Waals surface area contributed by atoms with Gasteiger partial charge in [0.15, 0.2) is 0 Å². The van der Waals surface area contributed by atoms with Crippen LogP contribution < -0.4 is 5.01 Å². The summed E-state index contributed by atoms with van der Waals surface area (Å²) in [7, 11) is 0. The van der Waals surface area contributed by atoms with Gasteiger partial charge in [-0.05, 0) is 17.7 Å². The molecule has 0 spiro atoms. The molecule has 2 aromatic rings. The molecule has 0 aliphatic carbocycles. The molecule has 0 bridgehead atoms. The van der Waals surface area contributed by atoms with E-state index < -0.39 is 0 Å². The van der Waals surface area contributed by atoms with Gasteiger partial charge in [0.2, 0.25) is 0 Å². The summed E-state index contributed by atoms with van der Waals surface area (Å²) >= 11 is 12.1. The average Bonchev–Trinajstić information content (AvgIpc) is 2.85. The summed E-state index contributed by atoms with van der Waals surface area (Å²) in [6.45, 7) is 0. The van der Waals surface area contributed by atoms with Crippen molar-refractivity contribution in [2.75, 3.05) is 5.01 Å². The Balaban J connectivity index is 2.01. The number of carbonyl (C=O) groups excluding carboxylic acids is 1. The van der Waals surface area contributed by atoms with Gasteiger partial charge in [0.05, 0.1) is 27.9 Å². The van der Waals surface area contributed by atoms with Crippen LogP contribution in [0.5, 0.6) is 0 Å². The normalized spacial score (nSPS) is 14.6. The molecule has 0 atom stereocenters. The van der Waals surface area contributed by atoms with Crippen molar-refractivity contribution in [2.24, 2.45) is 5.10 Å². The van der Waals surface area contributed by atoms with Gasteiger partial charge < -0.3 is 0 Å². The third-order valence-electron chi connectivity index (χ3n) is 3.04. The van der Waals surface area contributed by atoms with Crippen molar-refractivity contribution >= 4 is 40.5 Å². The van der Waals surface area contributed by atoms with Gasteiger partial charge in [-0.25, -0.2) is 0 Å². The molecule has 5 heteroatoms. The standard InChI is InChI=1S/C15H10Cl2N2O/c16-11-7-4-8-13(15(11)17)19-14(20)9-12(18-19)10-5-2-1-3-6-10/h1-8H,9H2. The number of rotatable bonds is 2. The fourth-order valence-corrected chi connectivity index (χ4v) is 2.44. The maximum Gasteiger partial charge on any atom is 0.253 e. The van der Waals surface area contributed by atoms with Crippen molar-refractivity contribution in [2.45, 2.75) is 6.42 Å². The lowest BCUT2D eigenvalue weighted by Gasteiger charge is -2.13. The molecule has 0 unspecified atom stereocenters. The van der Waals surface area contributed by atoms with Crippen LogP contribution >= 0.6 is 23.2 Å². The molecule has 20 heavy (non-hydrogen) atoms. The van der Waals surface area contributed by atoms with E-state index in [2.05, 4.69) is 5.10 Å². The summed E-state index contributed by atoms with van der Waals surface area (Å²) in [5.74, 6) is -0.118. The second-order valence-electron chi connectivity index (χ2n) is 4.37. The maximum absolute atomic E-state index is 12.1. The second-order valence-corrected chi connectivity index (χ2v) is 5.15. The van der Waals surface area contributed by atoms with E-state index in [-0.39, 0.29) is 12.3 Å². The van der Waals surface area contributed by atoms with E-state index in [0.29, 0.717) is 15.7 Å². The number of hydrazone groups is 1. The predicted molar refractivity (Wildman–Crippen MR) is 81.5 cm³/mol. The van der Waals surface area contributed by atoms with Crippen molar-refractivity contribution in [1.82, 2.24) is 0 Å². The Labute approximate surface area is 126 Å². The molecule has 0 saturated carbocycles. The summed E-state index contributed by atoms with van der Waals surface area (Å²) in [6.07, 6.45) is 0.257. The van der Waals surface area contributed by atoms with Gasteiger partial charge in [-0.3, -0.25) is 4.79 Å². The van der Waals surface area contributed by atoms with Gasteiger partial charge >= 0.3 is 0 Å². The Hall–Kier alpha value is -1.84. The van der Waals surface area contributed by atoms with Crippen LogP contribution in [0.25, 0.3) is 0 Å². The fourth-order valence-electron chi connectivity index (χ4n) is 2.06. The van der Waals surface area contributed by atoms with Crippen molar-refractivity contribution in [1.29, 1.82) is 0 Å². The predicted octanol–water partition coefficient (Wildman–Crippen LogP) is 4.13. The maximum atomic E-state index is 12.1. The van der Waals surface area contributed by atoms with Crippen LogP contribution in [0.1, 0.15) is 12.0 Å². The Morgan fingerprint density at radius 2 is 1.75 bits per heavy atom. The molecule has 3 rings (SSSR count). The molecule has 0 radical (unpaired) electrons. The van der Waals surface area contributed by atoms with Crippen LogP contribution in [-0.4, -0.2) is 11.6 Å². The molecule has 1 heterocycles. The smallest absolute Gasteiger partial charge is 0.253 e. The van der Waals surface area contributed by atoms with E-state index in [9.17, 15) is 4.79 Å². The third kappa shape index (κ3) is 2.30. The third-order valence-corrected chi connectivity index (χ3v) is 3.85. The lowest BCUT2D eigenvalue weighted by molar-refractivity contribution is -0.116. The van der Waals surface area contributed by atoms with Crippen LogP contribution in [0.2, 0.25) is 10.0 Å². The first-order chi connectivity index (χ1) is 9.66. The zero-order chi connectivity index (χ0) is 14.1. The number of hydrogen-bond donors (Lipinski definition) is 0. The average molecular weight is 305 g/mol. The van der Waals surface area contributed by atoms with E-state index in [1.54, 1.807) is 18.2 Å². The molecule has 1 amide bonds. The molecule has 3 nitrogen and oxygen atoms in total. The van der Waals surface area contributed by atoms with Gasteiger partial charge in [0.1, 0.15) is 0 Å². The molecule has 2 aromatic carbocycles. The molecule has 0 N–H and O–H groups in total. The summed E-state index contributed by atoms with van der Waals surface area (Å²) in [5.41, 5.74) is 2.17. The van der Waals surface area contributed by atoms with Crippen LogP contribution in [0.4, 0.5) is 5.69 Å². The van der Waals surface area contributed by atoms with Crippen molar-refractivity contribution in [3.05, 3.63) is 64.1 Å². The molecule has 0 fully saturated rings. The first kappa shape index (κ1) is 13.2. The van der Waals surface area contributed by atoms with E-state index in [1.165, 1.54) is 5.01 Å². The Bertz CT molecular complexity index is 698. The summed E-state index contributed by atoms with van der Waals surface area (Å²) in [5, 5.41) is 6.42. The van der Waals surface area contributed by atoms with E-state index >= 15 is 0 Å². The molecular formula is C15H10Cl2N2O. The van der Waals surface area contributed by atoms with E-state index in [1.807, 2.05) is 30.3 Å². The van der Waals surface area contributed by atoms with Crippen LogP contribution in [0, 0.1) is 0 Å². The number of carbonyl (C=O) groups is 1. The van der Waals surface area contributed by atoms with Gasteiger partial charge in [0, 0.05) is 0 Å². The van der Waals surface area contributed by atoms with Gasteiger partial charge in [0.25, 0.3) is 5.91 Å². The molecule has 1 aliphatic rings. The first-order valence-corrected chi connectivity index (χ1v) is 6.82. The molecule has 0 aromatic heterocycles. The van der Waals surface area contributed by atoms with Crippen LogP contribution in [0.15, 0.2) is 53.6 Å². The highest BCUT2D eigenvalue weighted by atomic mass is 35.5. The molecule has 0 saturated heterocycles. The molecule has 100 valence electrons. The largest absolute Gasteiger partial charge is 0.272 e.